The van der Waals surface area contributed by atoms with E-state index in [1.54, 1.807) is 0 Å². The summed E-state index contributed by atoms with van der Waals surface area (Å²) in [4.78, 5) is 0. The maximum Gasteiger partial charge on any atom is 0.175 e. The van der Waals surface area contributed by atoms with Gasteiger partial charge in [-0.25, -0.2) is 0 Å². The third kappa shape index (κ3) is 3.96. The van der Waals surface area contributed by atoms with Gasteiger partial charge in [0.05, 0.1) is 0 Å². The van der Waals surface area contributed by atoms with E-state index in [0.717, 1.165) is 17.1 Å². The average Bonchev–Trinajstić information content (AvgIpc) is 2.41. The molecule has 4 heteroatoms. The van der Waals surface area contributed by atoms with E-state index in [2.05, 4.69) is 36.6 Å². The predicted octanol–water partition coefficient (Wildman–Crippen LogP) is 4.20. The molecule has 2 aromatic rings. The van der Waals surface area contributed by atoms with E-state index in [0.29, 0.717) is 11.0 Å². The van der Waals surface area contributed by atoms with Crippen LogP contribution in [0, 0.1) is 0 Å². The van der Waals surface area contributed by atoms with Gasteiger partial charge in [0.1, 0.15) is 0 Å². The van der Waals surface area contributed by atoms with Crippen molar-refractivity contribution in [2.75, 3.05) is 16.4 Å². The van der Waals surface area contributed by atoms with Crippen LogP contribution in [0.1, 0.15) is 25.3 Å². The molecule has 0 heterocycles. The molecule has 104 valence electrons. The zero-order valence-corrected chi connectivity index (χ0v) is 12.5. The van der Waals surface area contributed by atoms with Gasteiger partial charge in [-0.3, -0.25) is 0 Å². The van der Waals surface area contributed by atoms with Crippen LogP contribution in [-0.2, 0) is 0 Å². The van der Waals surface area contributed by atoms with E-state index in [4.69, 9.17) is 18.0 Å². The molecule has 0 unspecified atom stereocenters. The Morgan fingerprint density at radius 1 is 1.00 bits per heavy atom. The van der Waals surface area contributed by atoms with Crippen LogP contribution in [0.3, 0.4) is 0 Å². The first kappa shape index (κ1) is 14.3. The minimum atomic E-state index is 0.496. The first-order valence-electron chi connectivity index (χ1n) is 6.58. The molecular weight excluding hydrogens is 266 g/mol. The van der Waals surface area contributed by atoms with Crippen LogP contribution in [0.4, 0.5) is 17.1 Å². The Hall–Kier alpha value is -2.07. The van der Waals surface area contributed by atoms with Crippen molar-refractivity contribution in [3.63, 3.8) is 0 Å². The van der Waals surface area contributed by atoms with Crippen molar-refractivity contribution in [1.29, 1.82) is 0 Å². The second-order valence-electron chi connectivity index (χ2n) is 4.98. The molecule has 20 heavy (non-hydrogen) atoms. The van der Waals surface area contributed by atoms with E-state index >= 15 is 0 Å². The number of thiocarbonyl (C=S) groups is 1. The lowest BCUT2D eigenvalue weighted by Crippen LogP contribution is -2.19. The Morgan fingerprint density at radius 2 is 1.65 bits per heavy atom. The SMILES string of the molecule is CC(C)c1cccc(NC(=S)Nc2ccc(N)cc2)c1. The summed E-state index contributed by atoms with van der Waals surface area (Å²) in [5.41, 5.74) is 9.57. The monoisotopic (exact) mass is 285 g/mol. The molecule has 0 aliphatic carbocycles. The molecule has 0 amide bonds. The molecule has 0 bridgehead atoms. The van der Waals surface area contributed by atoms with Crippen LogP contribution < -0.4 is 16.4 Å². The number of benzene rings is 2. The van der Waals surface area contributed by atoms with Gasteiger partial charge in [-0.1, -0.05) is 26.0 Å². The molecule has 0 saturated carbocycles. The van der Waals surface area contributed by atoms with E-state index in [1.165, 1.54) is 5.56 Å². The highest BCUT2D eigenvalue weighted by Gasteiger charge is 2.02. The predicted molar refractivity (Wildman–Crippen MR) is 91.2 cm³/mol. The Labute approximate surface area is 125 Å². The summed E-state index contributed by atoms with van der Waals surface area (Å²) in [6.45, 7) is 4.34. The molecule has 0 atom stereocenters. The summed E-state index contributed by atoms with van der Waals surface area (Å²) in [6.07, 6.45) is 0. The summed E-state index contributed by atoms with van der Waals surface area (Å²) >= 11 is 5.31. The first-order valence-corrected chi connectivity index (χ1v) is 6.99. The van der Waals surface area contributed by atoms with Crippen molar-refractivity contribution in [2.45, 2.75) is 19.8 Å². The molecule has 0 saturated heterocycles. The Balaban J connectivity index is 2.01. The van der Waals surface area contributed by atoms with E-state index in [9.17, 15) is 0 Å². The molecule has 2 aromatic carbocycles. The van der Waals surface area contributed by atoms with Crippen molar-refractivity contribution in [3.05, 3.63) is 54.1 Å². The summed E-state index contributed by atoms with van der Waals surface area (Å²) in [5.74, 6) is 0.496. The first-order chi connectivity index (χ1) is 9.54. The normalized spacial score (nSPS) is 10.3. The smallest absolute Gasteiger partial charge is 0.175 e. The molecule has 0 spiro atoms. The van der Waals surface area contributed by atoms with Crippen molar-refractivity contribution < 1.29 is 0 Å². The summed E-state index contributed by atoms with van der Waals surface area (Å²) in [5, 5.41) is 6.89. The van der Waals surface area contributed by atoms with Crippen molar-refractivity contribution >= 4 is 34.4 Å². The van der Waals surface area contributed by atoms with Crippen molar-refractivity contribution in [2.24, 2.45) is 0 Å². The highest BCUT2D eigenvalue weighted by atomic mass is 32.1. The fraction of sp³-hybridized carbons (Fsp3) is 0.188. The highest BCUT2D eigenvalue weighted by molar-refractivity contribution is 7.80. The fourth-order valence-corrected chi connectivity index (χ4v) is 2.07. The molecule has 0 aromatic heterocycles. The topological polar surface area (TPSA) is 50.1 Å². The van der Waals surface area contributed by atoms with Crippen LogP contribution in [0.25, 0.3) is 0 Å². The van der Waals surface area contributed by atoms with Gasteiger partial charge >= 0.3 is 0 Å². The summed E-state index contributed by atoms with van der Waals surface area (Å²) in [7, 11) is 0. The third-order valence-corrected chi connectivity index (χ3v) is 3.18. The Kier molecular flexibility index (Phi) is 4.58. The number of hydrogen-bond donors (Lipinski definition) is 3. The van der Waals surface area contributed by atoms with Gasteiger partial charge in [0.15, 0.2) is 5.11 Å². The van der Waals surface area contributed by atoms with Crippen LogP contribution in [0.15, 0.2) is 48.5 Å². The molecule has 0 fully saturated rings. The van der Waals surface area contributed by atoms with E-state index in [-0.39, 0.29) is 0 Å². The van der Waals surface area contributed by atoms with Gasteiger partial charge in [0, 0.05) is 17.1 Å². The molecule has 0 aliphatic heterocycles. The number of hydrogen-bond acceptors (Lipinski definition) is 2. The number of anilines is 3. The minimum Gasteiger partial charge on any atom is -0.399 e. The largest absolute Gasteiger partial charge is 0.399 e. The van der Waals surface area contributed by atoms with E-state index in [1.807, 2.05) is 36.4 Å². The number of rotatable bonds is 3. The molecular formula is C16H19N3S. The van der Waals surface area contributed by atoms with E-state index < -0.39 is 0 Å². The van der Waals surface area contributed by atoms with Gasteiger partial charge in [-0.05, 0) is 60.1 Å². The Bertz CT molecular complexity index is 591. The molecule has 4 N–H and O–H groups in total. The lowest BCUT2D eigenvalue weighted by Gasteiger charge is -2.12. The molecule has 0 radical (unpaired) electrons. The second kappa shape index (κ2) is 6.39. The van der Waals surface area contributed by atoms with Gasteiger partial charge in [-0.15, -0.1) is 0 Å². The van der Waals surface area contributed by atoms with Gasteiger partial charge in [0.25, 0.3) is 0 Å². The quantitative estimate of drug-likeness (QED) is 0.584. The number of nitrogens with one attached hydrogen (secondary N) is 2. The minimum absolute atomic E-state index is 0.496. The summed E-state index contributed by atoms with van der Waals surface area (Å²) in [6, 6.07) is 15.7. The summed E-state index contributed by atoms with van der Waals surface area (Å²) < 4.78 is 0. The lowest BCUT2D eigenvalue weighted by molar-refractivity contribution is 0.867. The lowest BCUT2D eigenvalue weighted by atomic mass is 10.0. The molecule has 3 nitrogen and oxygen atoms in total. The standard InChI is InChI=1S/C16H19N3S/c1-11(2)12-4-3-5-15(10-12)19-16(20)18-14-8-6-13(17)7-9-14/h3-11H,17H2,1-2H3,(H2,18,19,20). The van der Waals surface area contributed by atoms with Crippen LogP contribution >= 0.6 is 12.2 Å². The number of nitrogens with two attached hydrogens (primary N) is 1. The Morgan fingerprint density at radius 3 is 2.30 bits per heavy atom. The zero-order chi connectivity index (χ0) is 14.5. The zero-order valence-electron chi connectivity index (χ0n) is 11.7. The second-order valence-corrected chi connectivity index (χ2v) is 5.39. The van der Waals surface area contributed by atoms with Crippen LogP contribution in [-0.4, -0.2) is 5.11 Å². The average molecular weight is 285 g/mol. The van der Waals surface area contributed by atoms with Gasteiger partial charge in [-0.2, -0.15) is 0 Å². The number of nitrogen functional groups attached to an aromatic ring is 1. The highest BCUT2D eigenvalue weighted by Crippen LogP contribution is 2.19. The van der Waals surface area contributed by atoms with Crippen molar-refractivity contribution in [3.8, 4) is 0 Å². The maximum absolute atomic E-state index is 5.65. The molecule has 2 rings (SSSR count). The molecule has 0 aliphatic rings. The maximum atomic E-state index is 5.65. The van der Waals surface area contributed by atoms with Gasteiger partial charge < -0.3 is 16.4 Å². The fourth-order valence-electron chi connectivity index (χ4n) is 1.84. The van der Waals surface area contributed by atoms with Crippen LogP contribution in [0.5, 0.6) is 0 Å². The third-order valence-electron chi connectivity index (χ3n) is 2.98. The van der Waals surface area contributed by atoms with Gasteiger partial charge in [0.2, 0.25) is 0 Å². The van der Waals surface area contributed by atoms with Crippen molar-refractivity contribution in [1.82, 2.24) is 0 Å². The van der Waals surface area contributed by atoms with Crippen LogP contribution in [0.2, 0.25) is 0 Å².